The topological polar surface area (TPSA) is 116 Å². The lowest BCUT2D eigenvalue weighted by molar-refractivity contribution is -0.142. The Bertz CT molecular complexity index is 1360. The van der Waals surface area contributed by atoms with Crippen LogP contribution in [0.3, 0.4) is 0 Å². The second-order valence-corrected chi connectivity index (χ2v) is 8.85. The lowest BCUT2D eigenvalue weighted by atomic mass is 9.79. The number of anilines is 1. The minimum absolute atomic E-state index is 0.194. The molecule has 8 nitrogen and oxygen atoms in total. The number of fused-ring (bicyclic) bond motifs is 1. The first-order valence-corrected chi connectivity index (χ1v) is 11.4. The van der Waals surface area contributed by atoms with Gasteiger partial charge in [-0.15, -0.1) is 0 Å². The zero-order valence-corrected chi connectivity index (χ0v) is 19.2. The van der Waals surface area contributed by atoms with Crippen molar-refractivity contribution >= 4 is 17.4 Å². The molecule has 3 aromatic heterocycles. The number of benzene rings is 1. The summed E-state index contributed by atoms with van der Waals surface area (Å²) in [5.74, 6) is 0.566. The highest BCUT2D eigenvalue weighted by Crippen LogP contribution is 2.38. The smallest absolute Gasteiger partial charge is 0.306 e. The number of rotatable bonds is 5. The summed E-state index contributed by atoms with van der Waals surface area (Å²) in [6.07, 6.45) is 6.50. The maximum atomic E-state index is 11.3. The Morgan fingerprint density at radius 2 is 1.91 bits per heavy atom. The molecule has 3 N–H and O–H groups in total. The van der Waals surface area contributed by atoms with Crippen molar-refractivity contribution in [2.24, 2.45) is 5.92 Å². The van der Waals surface area contributed by atoms with E-state index in [2.05, 4.69) is 10.1 Å². The average molecular weight is 458 g/mol. The number of pyridine rings is 1. The first-order chi connectivity index (χ1) is 16.5. The molecule has 0 saturated heterocycles. The van der Waals surface area contributed by atoms with Crippen molar-refractivity contribution in [1.82, 2.24) is 19.6 Å². The number of aromatic nitrogens is 4. The summed E-state index contributed by atoms with van der Waals surface area (Å²) in [7, 11) is 1.65. The average Bonchev–Trinajstić information content (AvgIpc) is 3.30. The van der Waals surface area contributed by atoms with E-state index in [1.807, 2.05) is 49.5 Å². The van der Waals surface area contributed by atoms with Crippen molar-refractivity contribution in [2.75, 3.05) is 12.8 Å². The zero-order valence-electron chi connectivity index (χ0n) is 19.2. The number of hydrogen-bond acceptors (Lipinski definition) is 6. The highest BCUT2D eigenvalue weighted by Gasteiger charge is 2.29. The molecule has 0 unspecified atom stereocenters. The van der Waals surface area contributed by atoms with E-state index in [0.29, 0.717) is 24.3 Å². The number of nitrogens with zero attached hydrogens (tertiary/aromatic N) is 4. The van der Waals surface area contributed by atoms with Crippen molar-refractivity contribution in [3.63, 3.8) is 0 Å². The summed E-state index contributed by atoms with van der Waals surface area (Å²) >= 11 is 0. The van der Waals surface area contributed by atoms with E-state index >= 15 is 0 Å². The van der Waals surface area contributed by atoms with E-state index < -0.39 is 5.97 Å². The largest absolute Gasteiger partial charge is 0.497 e. The Morgan fingerprint density at radius 3 is 2.59 bits per heavy atom. The fourth-order valence-electron chi connectivity index (χ4n) is 4.84. The molecule has 1 aliphatic rings. The molecule has 34 heavy (non-hydrogen) atoms. The molecule has 1 aliphatic carbocycles. The van der Waals surface area contributed by atoms with Crippen LogP contribution in [-0.2, 0) is 4.79 Å². The van der Waals surface area contributed by atoms with Crippen LogP contribution in [-0.4, -0.2) is 37.8 Å². The van der Waals surface area contributed by atoms with Gasteiger partial charge in [0.05, 0.1) is 30.6 Å². The van der Waals surface area contributed by atoms with Crippen molar-refractivity contribution < 1.29 is 14.6 Å². The number of nitrogens with two attached hydrogens (primary N) is 1. The molecule has 0 aliphatic heterocycles. The predicted octanol–water partition coefficient (Wildman–Crippen LogP) is 4.72. The van der Waals surface area contributed by atoms with Gasteiger partial charge in [0, 0.05) is 34.4 Å². The Hall–Kier alpha value is -3.94. The van der Waals surface area contributed by atoms with E-state index in [0.717, 1.165) is 52.2 Å². The Balaban J connectivity index is 1.49. The molecule has 0 radical (unpaired) electrons. The van der Waals surface area contributed by atoms with Crippen LogP contribution in [0.25, 0.3) is 28.0 Å². The number of carboxylic acid groups (broad SMARTS) is 1. The van der Waals surface area contributed by atoms with Crippen LogP contribution < -0.4 is 10.5 Å². The fraction of sp³-hybridized carbons (Fsp3) is 0.308. The quantitative estimate of drug-likeness (QED) is 0.446. The van der Waals surface area contributed by atoms with Crippen LogP contribution in [0.4, 0.5) is 5.82 Å². The highest BCUT2D eigenvalue weighted by molar-refractivity contribution is 5.79. The minimum atomic E-state index is -0.707. The van der Waals surface area contributed by atoms with Gasteiger partial charge < -0.3 is 15.6 Å². The van der Waals surface area contributed by atoms with Gasteiger partial charge in [0.2, 0.25) is 0 Å². The maximum absolute atomic E-state index is 11.3. The van der Waals surface area contributed by atoms with Crippen LogP contribution in [0.2, 0.25) is 0 Å². The van der Waals surface area contributed by atoms with Gasteiger partial charge in [-0.05, 0) is 50.8 Å². The summed E-state index contributed by atoms with van der Waals surface area (Å²) in [6.45, 7) is 1.96. The maximum Gasteiger partial charge on any atom is 0.306 e. The molecule has 1 saturated carbocycles. The Kier molecular flexibility index (Phi) is 5.65. The number of nitrogen functional groups attached to an aromatic ring is 1. The van der Waals surface area contributed by atoms with Crippen LogP contribution >= 0.6 is 0 Å². The summed E-state index contributed by atoms with van der Waals surface area (Å²) in [5.41, 5.74) is 12.6. The van der Waals surface area contributed by atoms with Gasteiger partial charge in [-0.25, -0.2) is 4.98 Å². The minimum Gasteiger partial charge on any atom is -0.497 e. The SMILES string of the molecule is COc1cccc(-c2ccc(-c3cnn4c(N)c(C)c(C5CCC(C(=O)O)CC5)nc34)cn2)c1. The first kappa shape index (κ1) is 21.9. The molecule has 0 atom stereocenters. The summed E-state index contributed by atoms with van der Waals surface area (Å²) in [4.78, 5) is 21.0. The van der Waals surface area contributed by atoms with E-state index in [1.165, 1.54) is 0 Å². The number of hydrogen-bond donors (Lipinski definition) is 2. The Labute approximate surface area is 197 Å². The van der Waals surface area contributed by atoms with Gasteiger partial charge in [-0.3, -0.25) is 9.78 Å². The first-order valence-electron chi connectivity index (χ1n) is 11.4. The molecule has 3 heterocycles. The van der Waals surface area contributed by atoms with Crippen molar-refractivity contribution in [3.8, 4) is 28.1 Å². The second kappa shape index (κ2) is 8.78. The molecular weight excluding hydrogens is 430 g/mol. The van der Waals surface area contributed by atoms with Crippen molar-refractivity contribution in [1.29, 1.82) is 0 Å². The number of carboxylic acids is 1. The van der Waals surface area contributed by atoms with Gasteiger partial charge >= 0.3 is 5.97 Å². The number of aliphatic carboxylic acids is 1. The van der Waals surface area contributed by atoms with Crippen LogP contribution in [0.5, 0.6) is 5.75 Å². The molecule has 174 valence electrons. The van der Waals surface area contributed by atoms with Crippen molar-refractivity contribution in [3.05, 3.63) is 60.0 Å². The predicted molar refractivity (Wildman–Crippen MR) is 130 cm³/mol. The molecule has 0 spiro atoms. The van der Waals surface area contributed by atoms with Crippen LogP contribution in [0.15, 0.2) is 48.8 Å². The highest BCUT2D eigenvalue weighted by atomic mass is 16.5. The van der Waals surface area contributed by atoms with E-state index in [-0.39, 0.29) is 11.8 Å². The zero-order chi connectivity index (χ0) is 23.8. The monoisotopic (exact) mass is 457 g/mol. The molecule has 0 amide bonds. The molecule has 1 aromatic carbocycles. The van der Waals surface area contributed by atoms with E-state index in [1.54, 1.807) is 17.8 Å². The van der Waals surface area contributed by atoms with E-state index in [4.69, 9.17) is 15.5 Å². The molecule has 1 fully saturated rings. The van der Waals surface area contributed by atoms with Gasteiger partial charge in [-0.2, -0.15) is 9.61 Å². The summed E-state index contributed by atoms with van der Waals surface area (Å²) < 4.78 is 6.99. The van der Waals surface area contributed by atoms with Gasteiger partial charge in [0.25, 0.3) is 0 Å². The lowest BCUT2D eigenvalue weighted by Gasteiger charge is -2.27. The number of carbonyl (C=O) groups is 1. The third-order valence-electron chi connectivity index (χ3n) is 6.87. The lowest BCUT2D eigenvalue weighted by Crippen LogP contribution is -2.22. The molecule has 8 heteroatoms. The summed E-state index contributed by atoms with van der Waals surface area (Å²) in [6, 6.07) is 11.8. The third-order valence-corrected chi connectivity index (χ3v) is 6.87. The summed E-state index contributed by atoms with van der Waals surface area (Å²) in [5, 5.41) is 13.8. The Morgan fingerprint density at radius 1 is 1.12 bits per heavy atom. The van der Waals surface area contributed by atoms with Crippen LogP contribution in [0.1, 0.15) is 42.9 Å². The molecule has 0 bridgehead atoms. The standard InChI is InChI=1S/C26H27N5O3/c1-15-23(16-6-8-17(9-7-16)26(32)33)30-25-21(14-29-31(25)24(15)27)19-10-11-22(28-13-19)18-4-3-5-20(12-18)34-2/h3-5,10-14,16-17H,6-9,27H2,1-2H3,(H,32,33). The third kappa shape index (κ3) is 3.85. The van der Waals surface area contributed by atoms with Crippen LogP contribution in [0, 0.1) is 12.8 Å². The number of methoxy groups -OCH3 is 1. The molecule has 5 rings (SSSR count). The molecular formula is C26H27N5O3. The van der Waals surface area contributed by atoms with E-state index in [9.17, 15) is 9.90 Å². The van der Waals surface area contributed by atoms with Crippen molar-refractivity contribution in [2.45, 2.75) is 38.5 Å². The van der Waals surface area contributed by atoms with Gasteiger partial charge in [-0.1, -0.05) is 18.2 Å². The second-order valence-electron chi connectivity index (χ2n) is 8.85. The fourth-order valence-corrected chi connectivity index (χ4v) is 4.84. The van der Waals surface area contributed by atoms with Gasteiger partial charge in [0.1, 0.15) is 11.6 Å². The number of ether oxygens (including phenoxy) is 1. The molecule has 4 aromatic rings. The van der Waals surface area contributed by atoms with Gasteiger partial charge in [0.15, 0.2) is 5.65 Å². The normalized spacial score (nSPS) is 18.2.